The van der Waals surface area contributed by atoms with Crippen molar-refractivity contribution in [1.82, 2.24) is 0 Å². The van der Waals surface area contributed by atoms with Gasteiger partial charge >= 0.3 is 0 Å². The van der Waals surface area contributed by atoms with Crippen LogP contribution in [0.15, 0.2) is 30.3 Å². The molecule has 2 rings (SSSR count). The van der Waals surface area contributed by atoms with Gasteiger partial charge in [0.15, 0.2) is 0 Å². The maximum Gasteiger partial charge on any atom is 0.129 e. The molecular formula is C17H26O2. The smallest absolute Gasteiger partial charge is 0.129 e. The highest BCUT2D eigenvalue weighted by Crippen LogP contribution is 2.13. The molecule has 1 aromatic rings. The minimum absolute atomic E-state index is 0.296. The third kappa shape index (κ3) is 8.55. The first kappa shape index (κ1) is 15.9. The summed E-state index contributed by atoms with van der Waals surface area (Å²) in [6.07, 6.45) is 5.35. The molecule has 106 valence electrons. The fourth-order valence-electron chi connectivity index (χ4n) is 2.08. The van der Waals surface area contributed by atoms with Crippen molar-refractivity contribution in [2.45, 2.75) is 46.0 Å². The van der Waals surface area contributed by atoms with Gasteiger partial charge in [0.25, 0.3) is 0 Å². The number of ketones is 1. The van der Waals surface area contributed by atoms with Crippen LogP contribution in [0.4, 0.5) is 0 Å². The monoisotopic (exact) mass is 262 g/mol. The summed E-state index contributed by atoms with van der Waals surface area (Å²) in [7, 11) is 0. The predicted molar refractivity (Wildman–Crippen MR) is 79.3 cm³/mol. The van der Waals surface area contributed by atoms with Crippen LogP contribution in [0.2, 0.25) is 0 Å². The lowest BCUT2D eigenvalue weighted by Gasteiger charge is -2.09. The van der Waals surface area contributed by atoms with E-state index in [0.29, 0.717) is 18.1 Å². The van der Waals surface area contributed by atoms with Gasteiger partial charge in [-0.2, -0.15) is 0 Å². The average Bonchev–Trinajstić information content (AvgIpc) is 2.97. The molecule has 0 bridgehead atoms. The number of ether oxygens (including phenoxy) is 1. The molecule has 0 unspecified atom stereocenters. The van der Waals surface area contributed by atoms with Gasteiger partial charge in [-0.15, -0.1) is 0 Å². The number of Topliss-reactive ketones (excluding diaryl/α,β-unsaturated/α-hetero) is 1. The molecule has 0 aliphatic carbocycles. The van der Waals surface area contributed by atoms with Crippen LogP contribution in [0.25, 0.3) is 0 Å². The number of carbonyl (C=O) groups is 1. The lowest BCUT2D eigenvalue weighted by Crippen LogP contribution is -2.02. The summed E-state index contributed by atoms with van der Waals surface area (Å²) in [5.41, 5.74) is 1.36. The van der Waals surface area contributed by atoms with E-state index in [0.717, 1.165) is 26.1 Å². The largest absolute Gasteiger partial charge is 0.381 e. The Morgan fingerprint density at radius 1 is 1.21 bits per heavy atom. The first-order valence-electron chi connectivity index (χ1n) is 7.29. The van der Waals surface area contributed by atoms with Crippen LogP contribution in [-0.2, 0) is 16.0 Å². The minimum Gasteiger partial charge on any atom is -0.381 e. The number of rotatable bonds is 5. The Morgan fingerprint density at radius 3 is 2.32 bits per heavy atom. The van der Waals surface area contributed by atoms with Crippen molar-refractivity contribution >= 4 is 5.78 Å². The van der Waals surface area contributed by atoms with Gasteiger partial charge in [0.1, 0.15) is 5.78 Å². The second-order valence-electron chi connectivity index (χ2n) is 5.36. The van der Waals surface area contributed by atoms with Gasteiger partial charge in [0.05, 0.1) is 0 Å². The van der Waals surface area contributed by atoms with Crippen molar-refractivity contribution in [3.8, 4) is 0 Å². The molecule has 0 spiro atoms. The third-order valence-electron chi connectivity index (χ3n) is 3.24. The van der Waals surface area contributed by atoms with Crippen LogP contribution in [0.1, 0.15) is 45.1 Å². The van der Waals surface area contributed by atoms with Crippen LogP contribution < -0.4 is 0 Å². The van der Waals surface area contributed by atoms with E-state index in [2.05, 4.69) is 31.2 Å². The molecule has 0 aromatic heterocycles. The summed E-state index contributed by atoms with van der Waals surface area (Å²) in [6.45, 7) is 5.87. The number of carbonyl (C=O) groups excluding carboxylic acids is 1. The van der Waals surface area contributed by atoms with Crippen LogP contribution in [0.3, 0.4) is 0 Å². The summed E-state index contributed by atoms with van der Waals surface area (Å²) in [4.78, 5) is 10.8. The summed E-state index contributed by atoms with van der Waals surface area (Å²) < 4.78 is 4.94. The fourth-order valence-corrected chi connectivity index (χ4v) is 2.08. The molecule has 19 heavy (non-hydrogen) atoms. The predicted octanol–water partition coefficient (Wildman–Crippen LogP) is 4.03. The van der Waals surface area contributed by atoms with Crippen molar-refractivity contribution in [3.63, 3.8) is 0 Å². The standard InChI is InChI=1S/C13H18O.C4H8O/c1-11(8-9-12(2)14)10-13-6-4-3-5-7-13;1-2-4-5-3-1/h3-7,11H,8-10H2,1-2H3;1-4H2/t11-;/m0./s1. The van der Waals surface area contributed by atoms with Crippen LogP contribution in [0.5, 0.6) is 0 Å². The van der Waals surface area contributed by atoms with E-state index >= 15 is 0 Å². The second-order valence-corrected chi connectivity index (χ2v) is 5.36. The Hall–Kier alpha value is -1.15. The topological polar surface area (TPSA) is 26.3 Å². The molecular weight excluding hydrogens is 236 g/mol. The van der Waals surface area contributed by atoms with Crippen molar-refractivity contribution in [3.05, 3.63) is 35.9 Å². The quantitative estimate of drug-likeness (QED) is 0.800. The lowest BCUT2D eigenvalue weighted by atomic mass is 9.96. The molecule has 0 saturated carbocycles. The van der Waals surface area contributed by atoms with Gasteiger partial charge < -0.3 is 9.53 Å². The van der Waals surface area contributed by atoms with E-state index in [1.54, 1.807) is 6.92 Å². The molecule has 0 N–H and O–H groups in total. The molecule has 0 radical (unpaired) electrons. The van der Waals surface area contributed by atoms with Crippen molar-refractivity contribution in [2.75, 3.05) is 13.2 Å². The Bertz CT molecular complexity index is 334. The molecule has 2 heteroatoms. The van der Waals surface area contributed by atoms with Crippen molar-refractivity contribution in [1.29, 1.82) is 0 Å². The summed E-state index contributed by atoms with van der Waals surface area (Å²) in [6, 6.07) is 10.4. The molecule has 1 atom stereocenters. The average molecular weight is 262 g/mol. The van der Waals surface area contributed by atoms with Crippen LogP contribution in [0, 0.1) is 5.92 Å². The van der Waals surface area contributed by atoms with Gasteiger partial charge in [-0.05, 0) is 44.1 Å². The van der Waals surface area contributed by atoms with Crippen molar-refractivity contribution < 1.29 is 9.53 Å². The van der Waals surface area contributed by atoms with E-state index in [4.69, 9.17) is 4.74 Å². The van der Waals surface area contributed by atoms with Crippen molar-refractivity contribution in [2.24, 2.45) is 5.92 Å². The minimum atomic E-state index is 0.296. The van der Waals surface area contributed by atoms with E-state index in [1.807, 2.05) is 6.07 Å². The zero-order valence-electron chi connectivity index (χ0n) is 12.2. The van der Waals surface area contributed by atoms with Gasteiger partial charge in [0.2, 0.25) is 0 Å². The normalized spacial score (nSPS) is 15.5. The zero-order valence-corrected chi connectivity index (χ0v) is 12.2. The highest BCUT2D eigenvalue weighted by Gasteiger charge is 2.04. The molecule has 1 heterocycles. The number of hydrogen-bond acceptors (Lipinski definition) is 2. The van der Waals surface area contributed by atoms with Gasteiger partial charge in [-0.1, -0.05) is 37.3 Å². The molecule has 1 fully saturated rings. The third-order valence-corrected chi connectivity index (χ3v) is 3.24. The molecule has 1 aliphatic rings. The van der Waals surface area contributed by atoms with Crippen LogP contribution >= 0.6 is 0 Å². The zero-order chi connectivity index (χ0) is 13.9. The number of benzene rings is 1. The highest BCUT2D eigenvalue weighted by molar-refractivity contribution is 5.75. The fraction of sp³-hybridized carbons (Fsp3) is 0.588. The molecule has 1 saturated heterocycles. The Labute approximate surface area is 117 Å². The maximum absolute atomic E-state index is 10.8. The highest BCUT2D eigenvalue weighted by atomic mass is 16.5. The van der Waals surface area contributed by atoms with Gasteiger partial charge in [-0.3, -0.25) is 0 Å². The Balaban J connectivity index is 0.000000300. The van der Waals surface area contributed by atoms with E-state index in [1.165, 1.54) is 18.4 Å². The SMILES string of the molecule is C1CCOC1.CC(=O)CC[C@H](C)Cc1ccccc1. The Morgan fingerprint density at radius 2 is 1.84 bits per heavy atom. The molecule has 1 aromatic carbocycles. The van der Waals surface area contributed by atoms with E-state index in [-0.39, 0.29) is 0 Å². The number of hydrogen-bond donors (Lipinski definition) is 0. The van der Waals surface area contributed by atoms with Crippen LogP contribution in [-0.4, -0.2) is 19.0 Å². The lowest BCUT2D eigenvalue weighted by molar-refractivity contribution is -0.117. The maximum atomic E-state index is 10.8. The molecule has 2 nitrogen and oxygen atoms in total. The van der Waals surface area contributed by atoms with E-state index in [9.17, 15) is 4.79 Å². The van der Waals surface area contributed by atoms with Gasteiger partial charge in [-0.25, -0.2) is 0 Å². The summed E-state index contributed by atoms with van der Waals surface area (Å²) >= 11 is 0. The molecule has 1 aliphatic heterocycles. The first-order chi connectivity index (χ1) is 9.18. The summed E-state index contributed by atoms with van der Waals surface area (Å²) in [5, 5.41) is 0. The van der Waals surface area contributed by atoms with Gasteiger partial charge in [0, 0.05) is 19.6 Å². The summed E-state index contributed by atoms with van der Waals surface area (Å²) in [5.74, 6) is 0.895. The second kappa shape index (κ2) is 9.74. The molecule has 0 amide bonds. The Kier molecular flexibility index (Phi) is 8.15. The van der Waals surface area contributed by atoms with E-state index < -0.39 is 0 Å². The first-order valence-corrected chi connectivity index (χ1v) is 7.29.